The van der Waals surface area contributed by atoms with E-state index in [1.54, 1.807) is 0 Å². The summed E-state index contributed by atoms with van der Waals surface area (Å²) in [4.78, 5) is 11.3. The molecule has 0 saturated carbocycles. The zero-order valence-corrected chi connectivity index (χ0v) is 11.8. The first kappa shape index (κ1) is 15.3. The second kappa shape index (κ2) is 9.18. The molecule has 0 aromatic rings. The molecule has 1 unspecified atom stereocenters. The van der Waals surface area contributed by atoms with Crippen LogP contribution in [0.3, 0.4) is 0 Å². The fourth-order valence-electron chi connectivity index (χ4n) is 2.79. The molecule has 2 heteroatoms. The Balaban J connectivity index is 2.13. The van der Waals surface area contributed by atoms with Crippen LogP contribution in [0.5, 0.6) is 0 Å². The van der Waals surface area contributed by atoms with Gasteiger partial charge in [0.15, 0.2) is 0 Å². The van der Waals surface area contributed by atoms with Crippen molar-refractivity contribution in [3.8, 4) is 0 Å². The Morgan fingerprint density at radius 2 is 1.89 bits per heavy atom. The van der Waals surface area contributed by atoms with E-state index in [2.05, 4.69) is 13.0 Å². The van der Waals surface area contributed by atoms with Gasteiger partial charge in [-0.1, -0.05) is 63.5 Å². The highest BCUT2D eigenvalue weighted by Gasteiger charge is 2.23. The van der Waals surface area contributed by atoms with Gasteiger partial charge in [-0.2, -0.15) is 0 Å². The normalized spacial score (nSPS) is 16.6. The Labute approximate surface area is 111 Å². The van der Waals surface area contributed by atoms with Crippen LogP contribution in [-0.2, 0) is 4.79 Å². The van der Waals surface area contributed by atoms with Crippen LogP contribution < -0.4 is 0 Å². The summed E-state index contributed by atoms with van der Waals surface area (Å²) in [6.45, 7) is 2.23. The van der Waals surface area contributed by atoms with Crippen LogP contribution in [0, 0.1) is 5.92 Å². The van der Waals surface area contributed by atoms with E-state index in [-0.39, 0.29) is 5.92 Å². The first-order valence-corrected chi connectivity index (χ1v) is 7.67. The van der Waals surface area contributed by atoms with Crippen molar-refractivity contribution in [3.05, 3.63) is 11.6 Å². The predicted molar refractivity (Wildman–Crippen MR) is 75.7 cm³/mol. The lowest BCUT2D eigenvalue weighted by atomic mass is 9.92. The lowest BCUT2D eigenvalue weighted by molar-refractivity contribution is -0.140. The highest BCUT2D eigenvalue weighted by Crippen LogP contribution is 2.29. The summed E-state index contributed by atoms with van der Waals surface area (Å²) in [5.74, 6) is -0.808. The number of hydrogen-bond donors (Lipinski definition) is 1. The molecule has 0 heterocycles. The largest absolute Gasteiger partial charge is 0.481 e. The van der Waals surface area contributed by atoms with Crippen molar-refractivity contribution in [3.63, 3.8) is 0 Å². The number of carboxylic acids is 1. The fourth-order valence-corrected chi connectivity index (χ4v) is 2.79. The number of unbranched alkanes of at least 4 members (excludes halogenated alkanes) is 6. The van der Waals surface area contributed by atoms with Crippen LogP contribution in [0.4, 0.5) is 0 Å². The summed E-state index contributed by atoms with van der Waals surface area (Å²) in [5, 5.41) is 9.27. The van der Waals surface area contributed by atoms with Crippen LogP contribution in [-0.4, -0.2) is 11.1 Å². The van der Waals surface area contributed by atoms with Gasteiger partial charge in [0.25, 0.3) is 0 Å². The van der Waals surface area contributed by atoms with Gasteiger partial charge in [0, 0.05) is 0 Å². The number of aliphatic carboxylic acids is 1. The third-order valence-electron chi connectivity index (χ3n) is 3.92. The number of hydrogen-bond acceptors (Lipinski definition) is 1. The summed E-state index contributed by atoms with van der Waals surface area (Å²) in [6, 6.07) is 0. The molecule has 1 aliphatic carbocycles. The fraction of sp³-hybridized carbons (Fsp3) is 0.812. The van der Waals surface area contributed by atoms with E-state index in [9.17, 15) is 9.90 Å². The molecule has 1 rings (SSSR count). The van der Waals surface area contributed by atoms with Crippen molar-refractivity contribution in [1.82, 2.24) is 0 Å². The second-order valence-electron chi connectivity index (χ2n) is 5.47. The Hall–Kier alpha value is -0.790. The Bertz CT molecular complexity index is 268. The van der Waals surface area contributed by atoms with Gasteiger partial charge >= 0.3 is 5.97 Å². The number of carboxylic acid groups (broad SMARTS) is 1. The smallest absolute Gasteiger partial charge is 0.310 e. The van der Waals surface area contributed by atoms with Crippen LogP contribution >= 0.6 is 0 Å². The minimum atomic E-state index is -0.617. The van der Waals surface area contributed by atoms with Crippen LogP contribution in [0.25, 0.3) is 0 Å². The van der Waals surface area contributed by atoms with E-state index in [1.807, 2.05) is 0 Å². The first-order valence-electron chi connectivity index (χ1n) is 7.67. The molecule has 0 saturated heterocycles. The average Bonchev–Trinajstić information content (AvgIpc) is 2.85. The molecule has 104 valence electrons. The highest BCUT2D eigenvalue weighted by molar-refractivity contribution is 5.73. The van der Waals surface area contributed by atoms with E-state index in [0.29, 0.717) is 0 Å². The number of rotatable bonds is 10. The highest BCUT2D eigenvalue weighted by atomic mass is 16.4. The predicted octanol–water partition coefficient (Wildman–Crippen LogP) is 4.94. The molecule has 0 aliphatic heterocycles. The molecule has 0 amide bonds. The number of allylic oxidation sites excluding steroid dienone is 1. The Kier molecular flexibility index (Phi) is 7.79. The van der Waals surface area contributed by atoms with Gasteiger partial charge in [-0.3, -0.25) is 4.79 Å². The lowest BCUT2D eigenvalue weighted by Crippen LogP contribution is -2.15. The van der Waals surface area contributed by atoms with E-state index < -0.39 is 5.97 Å². The van der Waals surface area contributed by atoms with Gasteiger partial charge in [0.1, 0.15) is 0 Å². The third kappa shape index (κ3) is 5.70. The van der Waals surface area contributed by atoms with Gasteiger partial charge in [-0.15, -0.1) is 0 Å². The Morgan fingerprint density at radius 1 is 1.22 bits per heavy atom. The zero-order chi connectivity index (χ0) is 13.2. The molecule has 0 aromatic carbocycles. The molecule has 0 bridgehead atoms. The van der Waals surface area contributed by atoms with Crippen molar-refractivity contribution in [2.24, 2.45) is 5.92 Å². The SMILES string of the molecule is CCCCCCCCCC(C(=O)O)C1=CCCC1. The molecule has 0 fully saturated rings. The van der Waals surface area contributed by atoms with Crippen molar-refractivity contribution in [2.75, 3.05) is 0 Å². The minimum Gasteiger partial charge on any atom is -0.481 e. The zero-order valence-electron chi connectivity index (χ0n) is 11.8. The second-order valence-corrected chi connectivity index (χ2v) is 5.47. The molecule has 1 aliphatic rings. The Morgan fingerprint density at radius 3 is 2.44 bits per heavy atom. The van der Waals surface area contributed by atoms with Gasteiger partial charge in [0.2, 0.25) is 0 Å². The summed E-state index contributed by atoms with van der Waals surface area (Å²) in [5.41, 5.74) is 1.19. The van der Waals surface area contributed by atoms with Gasteiger partial charge in [-0.05, 0) is 25.7 Å². The van der Waals surface area contributed by atoms with E-state index in [0.717, 1.165) is 32.1 Å². The van der Waals surface area contributed by atoms with E-state index >= 15 is 0 Å². The quantitative estimate of drug-likeness (QED) is 0.442. The van der Waals surface area contributed by atoms with Gasteiger partial charge < -0.3 is 5.11 Å². The standard InChI is InChI=1S/C16H28O2/c1-2-3-4-5-6-7-8-13-15(16(17)18)14-11-9-10-12-14/h11,15H,2-10,12-13H2,1H3,(H,17,18). The molecule has 0 aromatic heterocycles. The summed E-state index contributed by atoms with van der Waals surface area (Å²) in [7, 11) is 0. The van der Waals surface area contributed by atoms with Gasteiger partial charge in [0.05, 0.1) is 5.92 Å². The topological polar surface area (TPSA) is 37.3 Å². The monoisotopic (exact) mass is 252 g/mol. The molecule has 1 N–H and O–H groups in total. The summed E-state index contributed by atoms with van der Waals surface area (Å²) >= 11 is 0. The van der Waals surface area contributed by atoms with Crippen molar-refractivity contribution >= 4 is 5.97 Å². The molecule has 0 radical (unpaired) electrons. The average molecular weight is 252 g/mol. The molecule has 1 atom stereocenters. The first-order chi connectivity index (χ1) is 8.75. The molecular weight excluding hydrogens is 224 g/mol. The maximum atomic E-state index is 11.3. The van der Waals surface area contributed by atoms with Crippen LogP contribution in [0.15, 0.2) is 11.6 Å². The molecule has 2 nitrogen and oxygen atoms in total. The van der Waals surface area contributed by atoms with Crippen molar-refractivity contribution < 1.29 is 9.90 Å². The summed E-state index contributed by atoms with van der Waals surface area (Å²) < 4.78 is 0. The van der Waals surface area contributed by atoms with E-state index in [4.69, 9.17) is 0 Å². The lowest BCUT2D eigenvalue weighted by Gasteiger charge is -2.13. The summed E-state index contributed by atoms with van der Waals surface area (Å²) in [6.07, 6.45) is 15.0. The maximum Gasteiger partial charge on any atom is 0.310 e. The van der Waals surface area contributed by atoms with Gasteiger partial charge in [-0.25, -0.2) is 0 Å². The van der Waals surface area contributed by atoms with Crippen LogP contribution in [0.2, 0.25) is 0 Å². The molecule has 0 spiro atoms. The molecule has 18 heavy (non-hydrogen) atoms. The minimum absolute atomic E-state index is 0.192. The number of carbonyl (C=O) groups is 1. The maximum absolute atomic E-state index is 11.3. The third-order valence-corrected chi connectivity index (χ3v) is 3.92. The van der Waals surface area contributed by atoms with E-state index in [1.165, 1.54) is 44.1 Å². The van der Waals surface area contributed by atoms with Crippen LogP contribution in [0.1, 0.15) is 77.6 Å². The van der Waals surface area contributed by atoms with Crippen molar-refractivity contribution in [1.29, 1.82) is 0 Å². The molecular formula is C16H28O2. The van der Waals surface area contributed by atoms with Crippen molar-refractivity contribution in [2.45, 2.75) is 77.6 Å².